The Kier molecular flexibility index (Phi) is 8.83. The highest BCUT2D eigenvalue weighted by atomic mass is 16.5. The second-order valence-corrected chi connectivity index (χ2v) is 6.94. The quantitative estimate of drug-likeness (QED) is 0.442. The van der Waals surface area contributed by atoms with Gasteiger partial charge in [-0.25, -0.2) is 4.79 Å². The predicted molar refractivity (Wildman–Crippen MR) is 113 cm³/mol. The third-order valence-corrected chi connectivity index (χ3v) is 4.48. The van der Waals surface area contributed by atoms with E-state index in [2.05, 4.69) is 10.6 Å². The Morgan fingerprint density at radius 1 is 1.03 bits per heavy atom. The maximum atomic E-state index is 12.6. The molecule has 0 unspecified atom stereocenters. The largest absolute Gasteiger partial charge is 0.497 e. The molecule has 2 rings (SSSR count). The van der Waals surface area contributed by atoms with Gasteiger partial charge in [-0.1, -0.05) is 42.5 Å². The van der Waals surface area contributed by atoms with Crippen LogP contribution >= 0.6 is 0 Å². The second-order valence-electron chi connectivity index (χ2n) is 6.94. The van der Waals surface area contributed by atoms with Crippen molar-refractivity contribution in [2.24, 2.45) is 5.73 Å². The Morgan fingerprint density at radius 2 is 1.71 bits per heavy atom. The number of benzene rings is 2. The number of aliphatic hydroxyl groups is 1. The Hall–Kier alpha value is -3.59. The van der Waals surface area contributed by atoms with Crippen molar-refractivity contribution >= 4 is 17.9 Å². The van der Waals surface area contributed by atoms with Crippen molar-refractivity contribution in [3.05, 3.63) is 65.7 Å². The van der Waals surface area contributed by atoms with Crippen LogP contribution in [0.25, 0.3) is 0 Å². The van der Waals surface area contributed by atoms with Crippen LogP contribution < -0.4 is 21.1 Å². The summed E-state index contributed by atoms with van der Waals surface area (Å²) in [6.07, 6.45) is -2.01. The van der Waals surface area contributed by atoms with Gasteiger partial charge in [-0.3, -0.25) is 9.59 Å². The molecule has 2 aromatic carbocycles. The fourth-order valence-electron chi connectivity index (χ4n) is 2.82. The molecule has 9 heteroatoms. The molecule has 31 heavy (non-hydrogen) atoms. The molecular formula is C22H27N3O6. The third-order valence-electron chi connectivity index (χ3n) is 4.48. The minimum absolute atomic E-state index is 0.000568. The molecule has 3 atom stereocenters. The van der Waals surface area contributed by atoms with E-state index in [9.17, 15) is 19.5 Å². The van der Waals surface area contributed by atoms with E-state index in [1.165, 1.54) is 14.0 Å². The summed E-state index contributed by atoms with van der Waals surface area (Å²) < 4.78 is 10.2. The molecule has 0 spiro atoms. The minimum Gasteiger partial charge on any atom is -0.497 e. The molecule has 0 aliphatic rings. The highest BCUT2D eigenvalue weighted by Crippen LogP contribution is 2.14. The number of aliphatic hydroxyl groups excluding tert-OH is 1. The summed E-state index contributed by atoms with van der Waals surface area (Å²) >= 11 is 0. The van der Waals surface area contributed by atoms with Crippen LogP contribution in [-0.2, 0) is 27.4 Å². The average Bonchev–Trinajstić information content (AvgIpc) is 2.76. The number of carbonyl (C=O) groups is 3. The predicted octanol–water partition coefficient (Wildman–Crippen LogP) is 0.884. The molecule has 2 aromatic rings. The molecule has 3 amide bonds. The van der Waals surface area contributed by atoms with E-state index in [4.69, 9.17) is 15.2 Å². The van der Waals surface area contributed by atoms with Gasteiger partial charge in [-0.05, 0) is 30.2 Å². The number of carbonyl (C=O) groups excluding carboxylic acids is 3. The number of nitrogens with one attached hydrogen (secondary N) is 2. The normalized spacial score (nSPS) is 13.4. The van der Waals surface area contributed by atoms with Crippen molar-refractivity contribution in [3.63, 3.8) is 0 Å². The summed E-state index contributed by atoms with van der Waals surface area (Å²) in [5.41, 5.74) is 6.92. The van der Waals surface area contributed by atoms with Crippen LogP contribution in [0.2, 0.25) is 0 Å². The van der Waals surface area contributed by atoms with Crippen LogP contribution in [0.5, 0.6) is 5.75 Å². The Labute approximate surface area is 180 Å². The van der Waals surface area contributed by atoms with Crippen molar-refractivity contribution in [3.8, 4) is 5.75 Å². The number of hydrogen-bond donors (Lipinski definition) is 4. The zero-order chi connectivity index (χ0) is 22.8. The van der Waals surface area contributed by atoms with Gasteiger partial charge < -0.3 is 30.9 Å². The maximum Gasteiger partial charge on any atom is 0.408 e. The van der Waals surface area contributed by atoms with Crippen LogP contribution in [-0.4, -0.2) is 48.3 Å². The molecule has 5 N–H and O–H groups in total. The van der Waals surface area contributed by atoms with Gasteiger partial charge in [0.1, 0.15) is 24.4 Å². The maximum absolute atomic E-state index is 12.6. The Morgan fingerprint density at radius 3 is 2.32 bits per heavy atom. The van der Waals surface area contributed by atoms with Crippen molar-refractivity contribution in [1.82, 2.24) is 10.6 Å². The van der Waals surface area contributed by atoms with Gasteiger partial charge in [0.05, 0.1) is 13.2 Å². The summed E-state index contributed by atoms with van der Waals surface area (Å²) in [4.78, 5) is 36.6. The van der Waals surface area contributed by atoms with Crippen LogP contribution in [0.15, 0.2) is 54.6 Å². The first-order valence-electron chi connectivity index (χ1n) is 9.68. The molecule has 0 aliphatic carbocycles. The number of amides is 3. The lowest BCUT2D eigenvalue weighted by atomic mass is 10.0. The number of ether oxygens (including phenoxy) is 2. The smallest absolute Gasteiger partial charge is 0.408 e. The SMILES string of the molecule is COc1cccc(C[C@@H](NC(=O)[C@@H](NC(=O)OCc2ccccc2)[C@@H](C)O)C(N)=O)c1. The van der Waals surface area contributed by atoms with Gasteiger partial charge in [0, 0.05) is 6.42 Å². The van der Waals surface area contributed by atoms with E-state index in [0.29, 0.717) is 11.3 Å². The molecular weight excluding hydrogens is 402 g/mol. The second kappa shape index (κ2) is 11.6. The van der Waals surface area contributed by atoms with Crippen molar-refractivity contribution in [2.75, 3.05) is 7.11 Å². The lowest BCUT2D eigenvalue weighted by Gasteiger charge is -2.23. The number of rotatable bonds is 10. The fraction of sp³-hybridized carbons (Fsp3) is 0.318. The highest BCUT2D eigenvalue weighted by molar-refractivity contribution is 5.91. The zero-order valence-corrected chi connectivity index (χ0v) is 17.4. The Bertz CT molecular complexity index is 888. The van der Waals surface area contributed by atoms with E-state index in [0.717, 1.165) is 5.56 Å². The van der Waals surface area contributed by atoms with E-state index >= 15 is 0 Å². The van der Waals surface area contributed by atoms with Gasteiger partial charge in [-0.15, -0.1) is 0 Å². The van der Waals surface area contributed by atoms with Gasteiger partial charge in [0.2, 0.25) is 11.8 Å². The zero-order valence-electron chi connectivity index (χ0n) is 17.4. The van der Waals surface area contributed by atoms with E-state index in [-0.39, 0.29) is 13.0 Å². The number of hydrogen-bond acceptors (Lipinski definition) is 6. The summed E-state index contributed by atoms with van der Waals surface area (Å²) in [6.45, 7) is 1.34. The number of alkyl carbamates (subject to hydrolysis) is 1. The molecule has 0 radical (unpaired) electrons. The van der Waals surface area contributed by atoms with Crippen LogP contribution in [0, 0.1) is 0 Å². The van der Waals surface area contributed by atoms with Crippen molar-refractivity contribution in [2.45, 2.75) is 38.1 Å². The molecule has 0 bridgehead atoms. The number of primary amides is 1. The van der Waals surface area contributed by atoms with Gasteiger partial charge in [0.25, 0.3) is 0 Å². The van der Waals surface area contributed by atoms with Crippen LogP contribution in [0.3, 0.4) is 0 Å². The van der Waals surface area contributed by atoms with E-state index in [1.807, 2.05) is 6.07 Å². The monoisotopic (exact) mass is 429 g/mol. The first kappa shape index (κ1) is 23.7. The summed E-state index contributed by atoms with van der Waals surface area (Å²) in [5, 5.41) is 14.8. The van der Waals surface area contributed by atoms with Gasteiger partial charge >= 0.3 is 6.09 Å². The Balaban J connectivity index is 1.99. The number of methoxy groups -OCH3 is 1. The molecule has 0 heterocycles. The molecule has 0 saturated heterocycles. The minimum atomic E-state index is -1.34. The van der Waals surface area contributed by atoms with Crippen LogP contribution in [0.1, 0.15) is 18.1 Å². The standard InChI is InChI=1S/C22H27N3O6/c1-14(26)19(25-22(29)31-13-15-7-4-3-5-8-15)21(28)24-18(20(23)27)12-16-9-6-10-17(11-16)30-2/h3-11,14,18-19,26H,12-13H2,1-2H3,(H2,23,27)(H,24,28)(H,25,29)/t14-,18-,19+/m1/s1. The third kappa shape index (κ3) is 7.63. The molecule has 0 fully saturated rings. The first-order valence-corrected chi connectivity index (χ1v) is 9.68. The lowest BCUT2D eigenvalue weighted by Crippen LogP contribution is -2.57. The lowest BCUT2D eigenvalue weighted by molar-refractivity contribution is -0.130. The van der Waals surface area contributed by atoms with E-state index < -0.39 is 36.1 Å². The summed E-state index contributed by atoms with van der Waals surface area (Å²) in [7, 11) is 1.52. The van der Waals surface area contributed by atoms with E-state index in [1.54, 1.807) is 48.5 Å². The highest BCUT2D eigenvalue weighted by Gasteiger charge is 2.29. The topological polar surface area (TPSA) is 140 Å². The number of nitrogens with two attached hydrogens (primary N) is 1. The van der Waals surface area contributed by atoms with Crippen molar-refractivity contribution in [1.29, 1.82) is 0 Å². The van der Waals surface area contributed by atoms with Crippen molar-refractivity contribution < 1.29 is 29.0 Å². The van der Waals surface area contributed by atoms with Gasteiger partial charge in [-0.2, -0.15) is 0 Å². The van der Waals surface area contributed by atoms with Crippen LogP contribution in [0.4, 0.5) is 4.79 Å². The van der Waals surface area contributed by atoms with Gasteiger partial charge in [0.15, 0.2) is 0 Å². The molecule has 166 valence electrons. The molecule has 0 aromatic heterocycles. The summed E-state index contributed by atoms with van der Waals surface area (Å²) in [6, 6.07) is 13.6. The fourth-order valence-corrected chi connectivity index (χ4v) is 2.82. The average molecular weight is 429 g/mol. The summed E-state index contributed by atoms with van der Waals surface area (Å²) in [5.74, 6) is -0.928. The molecule has 9 nitrogen and oxygen atoms in total. The molecule has 0 aliphatic heterocycles. The first-order chi connectivity index (χ1) is 14.8. The molecule has 0 saturated carbocycles.